The first-order valence-corrected chi connectivity index (χ1v) is 8.81. The van der Waals surface area contributed by atoms with Gasteiger partial charge in [0.25, 0.3) is 5.91 Å². The average Bonchev–Trinajstić information content (AvgIpc) is 3.13. The van der Waals surface area contributed by atoms with Gasteiger partial charge >= 0.3 is 5.97 Å². The minimum absolute atomic E-state index is 0.251. The summed E-state index contributed by atoms with van der Waals surface area (Å²) in [7, 11) is 1.70. The molecular weight excluding hydrogens is 380 g/mol. The van der Waals surface area contributed by atoms with Crippen LogP contribution in [-0.4, -0.2) is 28.8 Å². The Balaban J connectivity index is 1.72. The highest BCUT2D eigenvalue weighted by molar-refractivity contribution is 6.31. The van der Waals surface area contributed by atoms with E-state index in [1.54, 1.807) is 66.3 Å². The molecule has 142 valence electrons. The molecule has 6 nitrogen and oxygen atoms in total. The quantitative estimate of drug-likeness (QED) is 0.509. The molecule has 0 aliphatic rings. The number of esters is 1. The molecule has 28 heavy (non-hydrogen) atoms. The summed E-state index contributed by atoms with van der Waals surface area (Å²) in [5.74, 6) is -1.45. The van der Waals surface area contributed by atoms with Gasteiger partial charge in [-0.25, -0.2) is 4.79 Å². The van der Waals surface area contributed by atoms with Crippen LogP contribution in [0.3, 0.4) is 0 Å². The third-order valence-electron chi connectivity index (χ3n) is 4.02. The number of anilines is 1. The van der Waals surface area contributed by atoms with Gasteiger partial charge in [-0.05, 0) is 30.3 Å². The summed E-state index contributed by atoms with van der Waals surface area (Å²) in [5, 5.41) is 2.97. The molecule has 0 radical (unpaired) electrons. The van der Waals surface area contributed by atoms with Crippen LogP contribution in [0, 0.1) is 0 Å². The molecule has 7 heteroatoms. The molecule has 0 aliphatic heterocycles. The van der Waals surface area contributed by atoms with Crippen LogP contribution in [0.1, 0.15) is 26.4 Å². The van der Waals surface area contributed by atoms with Crippen LogP contribution < -0.4 is 5.32 Å². The first-order chi connectivity index (χ1) is 13.5. The van der Waals surface area contributed by atoms with Crippen molar-refractivity contribution in [2.75, 3.05) is 11.9 Å². The fourth-order valence-corrected chi connectivity index (χ4v) is 2.79. The lowest BCUT2D eigenvalue weighted by Gasteiger charge is -2.11. The van der Waals surface area contributed by atoms with E-state index in [0.29, 0.717) is 16.3 Å². The van der Waals surface area contributed by atoms with Crippen molar-refractivity contribution in [3.05, 3.63) is 88.7 Å². The van der Waals surface area contributed by atoms with Crippen LogP contribution in [0.5, 0.6) is 0 Å². The number of carbonyl (C=O) groups is 3. The number of ether oxygens (including phenoxy) is 1. The molecule has 0 aliphatic carbocycles. The van der Waals surface area contributed by atoms with E-state index in [4.69, 9.17) is 16.3 Å². The number of hydrogen-bond acceptors (Lipinski definition) is 4. The minimum Gasteiger partial charge on any atom is -0.451 e. The van der Waals surface area contributed by atoms with Crippen molar-refractivity contribution in [1.29, 1.82) is 0 Å². The summed E-state index contributed by atoms with van der Waals surface area (Å²) in [6.07, 6.45) is 1.70. The van der Waals surface area contributed by atoms with Crippen molar-refractivity contribution < 1.29 is 19.1 Å². The Morgan fingerprint density at radius 2 is 1.79 bits per heavy atom. The number of halogens is 1. The molecule has 2 aromatic carbocycles. The molecule has 0 saturated carbocycles. The number of nitrogens with zero attached hydrogens (tertiary/aromatic N) is 1. The van der Waals surface area contributed by atoms with Gasteiger partial charge in [-0.3, -0.25) is 9.59 Å². The summed E-state index contributed by atoms with van der Waals surface area (Å²) < 4.78 is 6.62. The van der Waals surface area contributed by atoms with Gasteiger partial charge in [-0.1, -0.05) is 41.9 Å². The van der Waals surface area contributed by atoms with Crippen LogP contribution in [0.25, 0.3) is 0 Å². The molecule has 3 rings (SSSR count). The third-order valence-corrected chi connectivity index (χ3v) is 4.26. The second-order valence-corrected chi connectivity index (χ2v) is 6.45. The molecule has 0 spiro atoms. The molecule has 0 saturated heterocycles. The third kappa shape index (κ3) is 4.47. The lowest BCUT2D eigenvalue weighted by molar-refractivity contribution is -0.119. The number of hydrogen-bond donors (Lipinski definition) is 1. The molecule has 3 aromatic rings. The van der Waals surface area contributed by atoms with Crippen molar-refractivity contribution in [3.8, 4) is 0 Å². The van der Waals surface area contributed by atoms with Crippen molar-refractivity contribution in [1.82, 2.24) is 4.57 Å². The summed E-state index contributed by atoms with van der Waals surface area (Å²) in [5.41, 5.74) is 1.34. The first-order valence-electron chi connectivity index (χ1n) is 8.43. The van der Waals surface area contributed by atoms with Gasteiger partial charge in [0.05, 0.1) is 5.69 Å². The molecule has 0 bridgehead atoms. The van der Waals surface area contributed by atoms with Crippen molar-refractivity contribution in [2.45, 2.75) is 0 Å². The summed E-state index contributed by atoms with van der Waals surface area (Å²) >= 11 is 6.02. The normalized spacial score (nSPS) is 10.4. The second kappa shape index (κ2) is 8.54. The molecule has 0 atom stereocenters. The number of aryl methyl sites for hydroxylation is 1. The summed E-state index contributed by atoms with van der Waals surface area (Å²) in [6.45, 7) is -0.481. The Kier molecular flexibility index (Phi) is 5.91. The highest BCUT2D eigenvalue weighted by atomic mass is 35.5. The SMILES string of the molecule is Cn1cccc1C(=O)OCC(=O)Nc1ccc(Cl)cc1C(=O)c1ccccc1. The van der Waals surface area contributed by atoms with E-state index in [1.807, 2.05) is 0 Å². The van der Waals surface area contributed by atoms with Gasteiger partial charge in [0.1, 0.15) is 5.69 Å². The smallest absolute Gasteiger partial charge is 0.355 e. The summed E-state index contributed by atoms with van der Waals surface area (Å²) in [4.78, 5) is 37.0. The Bertz CT molecular complexity index is 1030. The highest BCUT2D eigenvalue weighted by Gasteiger charge is 2.17. The minimum atomic E-state index is -0.612. The van der Waals surface area contributed by atoms with Crippen LogP contribution in [-0.2, 0) is 16.6 Å². The molecule has 0 fully saturated rings. The fourth-order valence-electron chi connectivity index (χ4n) is 2.62. The standard InChI is InChI=1S/C21H17ClN2O4/c1-24-11-5-8-18(24)21(27)28-13-19(25)23-17-10-9-15(22)12-16(17)20(26)14-6-3-2-4-7-14/h2-12H,13H2,1H3,(H,23,25). The molecule has 1 heterocycles. The summed E-state index contributed by atoms with van der Waals surface area (Å²) in [6, 6.07) is 16.5. The topological polar surface area (TPSA) is 77.4 Å². The average molecular weight is 397 g/mol. The van der Waals surface area contributed by atoms with E-state index in [-0.39, 0.29) is 17.0 Å². The van der Waals surface area contributed by atoms with Crippen molar-refractivity contribution >= 4 is 34.9 Å². The number of carbonyl (C=O) groups excluding carboxylic acids is 3. The van der Waals surface area contributed by atoms with Gasteiger partial charge in [-0.15, -0.1) is 0 Å². The zero-order valence-electron chi connectivity index (χ0n) is 15.0. The zero-order valence-corrected chi connectivity index (χ0v) is 15.8. The van der Waals surface area contributed by atoms with Crippen molar-refractivity contribution in [3.63, 3.8) is 0 Å². The molecule has 1 amide bonds. The van der Waals surface area contributed by atoms with Crippen LogP contribution in [0.15, 0.2) is 66.9 Å². The lowest BCUT2D eigenvalue weighted by atomic mass is 10.0. The Labute approximate surface area is 166 Å². The number of amides is 1. The van der Waals surface area contributed by atoms with Gasteiger partial charge in [-0.2, -0.15) is 0 Å². The number of aromatic nitrogens is 1. The van der Waals surface area contributed by atoms with E-state index >= 15 is 0 Å². The second-order valence-electron chi connectivity index (χ2n) is 6.01. The maximum absolute atomic E-state index is 12.8. The Hall–Kier alpha value is -3.38. The van der Waals surface area contributed by atoms with Gasteiger partial charge in [0, 0.05) is 29.4 Å². The first kappa shape index (κ1) is 19.4. The molecular formula is C21H17ClN2O4. The lowest BCUT2D eigenvalue weighted by Crippen LogP contribution is -2.23. The van der Waals surface area contributed by atoms with Crippen molar-refractivity contribution in [2.24, 2.45) is 7.05 Å². The zero-order chi connectivity index (χ0) is 20.1. The monoisotopic (exact) mass is 396 g/mol. The van der Waals surface area contributed by atoms with E-state index in [9.17, 15) is 14.4 Å². The highest BCUT2D eigenvalue weighted by Crippen LogP contribution is 2.23. The van der Waals surface area contributed by atoms with Gasteiger partial charge in [0.15, 0.2) is 12.4 Å². The van der Waals surface area contributed by atoms with E-state index in [1.165, 1.54) is 12.1 Å². The van der Waals surface area contributed by atoms with Crippen LogP contribution in [0.2, 0.25) is 5.02 Å². The maximum atomic E-state index is 12.8. The van der Waals surface area contributed by atoms with E-state index < -0.39 is 18.5 Å². The number of rotatable bonds is 6. The van der Waals surface area contributed by atoms with E-state index in [0.717, 1.165) is 0 Å². The van der Waals surface area contributed by atoms with Gasteiger partial charge in [0.2, 0.25) is 0 Å². The maximum Gasteiger partial charge on any atom is 0.355 e. The number of benzene rings is 2. The Morgan fingerprint density at radius 3 is 2.46 bits per heavy atom. The predicted molar refractivity (Wildman–Crippen MR) is 106 cm³/mol. The predicted octanol–water partition coefficient (Wildman–Crippen LogP) is 3.71. The number of nitrogens with one attached hydrogen (secondary N) is 1. The van der Waals surface area contributed by atoms with Crippen LogP contribution in [0.4, 0.5) is 5.69 Å². The number of ketones is 1. The molecule has 0 unspecified atom stereocenters. The fraction of sp³-hybridized carbons (Fsp3) is 0.0952. The van der Waals surface area contributed by atoms with Crippen LogP contribution >= 0.6 is 11.6 Å². The van der Waals surface area contributed by atoms with Gasteiger partial charge < -0.3 is 14.6 Å². The largest absolute Gasteiger partial charge is 0.451 e. The Morgan fingerprint density at radius 1 is 1.04 bits per heavy atom. The molecule has 1 aromatic heterocycles. The molecule has 1 N–H and O–H groups in total. The van der Waals surface area contributed by atoms with E-state index in [2.05, 4.69) is 5.32 Å².